The third kappa shape index (κ3) is 3.33. The fourth-order valence-electron chi connectivity index (χ4n) is 1.26. The standard InChI is InChI=1S/C12H13NO3/c1-2-5-11(14)9-8-10-6-3-4-7-12(10)13(15)16/h2-4,6-9,11,14H,1,5H2/b9-8+/t11-/m1/s1. The number of para-hydroxylation sites is 1. The van der Waals surface area contributed by atoms with Gasteiger partial charge < -0.3 is 5.11 Å². The Balaban J connectivity index is 2.88. The molecule has 0 aromatic heterocycles. The Hall–Kier alpha value is -1.94. The first-order valence-electron chi connectivity index (χ1n) is 4.85. The van der Waals surface area contributed by atoms with Crippen LogP contribution in [0, 0.1) is 10.1 Å². The lowest BCUT2D eigenvalue weighted by molar-refractivity contribution is -0.385. The Kier molecular flexibility index (Phi) is 4.42. The number of nitrogens with zero attached hydrogens (tertiary/aromatic N) is 1. The first-order chi connectivity index (χ1) is 7.65. The van der Waals surface area contributed by atoms with Gasteiger partial charge in [0, 0.05) is 6.07 Å². The number of aliphatic hydroxyl groups excluding tert-OH is 1. The molecule has 1 atom stereocenters. The van der Waals surface area contributed by atoms with Crippen molar-refractivity contribution in [3.63, 3.8) is 0 Å². The molecule has 0 heterocycles. The van der Waals surface area contributed by atoms with Gasteiger partial charge in [-0.25, -0.2) is 0 Å². The van der Waals surface area contributed by atoms with Gasteiger partial charge in [0.1, 0.15) is 0 Å². The van der Waals surface area contributed by atoms with Crippen LogP contribution in [0.2, 0.25) is 0 Å². The Bertz CT molecular complexity index is 412. The number of hydrogen-bond acceptors (Lipinski definition) is 3. The minimum Gasteiger partial charge on any atom is -0.389 e. The van der Waals surface area contributed by atoms with E-state index in [0.717, 1.165) is 0 Å². The minimum atomic E-state index is -0.655. The van der Waals surface area contributed by atoms with Crippen LogP contribution < -0.4 is 0 Å². The van der Waals surface area contributed by atoms with Gasteiger partial charge >= 0.3 is 0 Å². The zero-order valence-electron chi connectivity index (χ0n) is 8.74. The summed E-state index contributed by atoms with van der Waals surface area (Å²) in [4.78, 5) is 10.2. The lowest BCUT2D eigenvalue weighted by Crippen LogP contribution is -1.99. The van der Waals surface area contributed by atoms with Gasteiger partial charge in [0.2, 0.25) is 0 Å². The molecule has 0 spiro atoms. The molecule has 0 saturated heterocycles. The quantitative estimate of drug-likeness (QED) is 0.470. The van der Waals surface area contributed by atoms with Crippen molar-refractivity contribution in [2.75, 3.05) is 0 Å². The summed E-state index contributed by atoms with van der Waals surface area (Å²) in [6, 6.07) is 6.39. The zero-order chi connectivity index (χ0) is 12.0. The van der Waals surface area contributed by atoms with Crippen LogP contribution in [0.25, 0.3) is 6.08 Å². The van der Waals surface area contributed by atoms with E-state index in [1.807, 2.05) is 0 Å². The molecule has 0 bridgehead atoms. The molecule has 1 rings (SSSR count). The molecule has 0 aliphatic rings. The summed E-state index contributed by atoms with van der Waals surface area (Å²) < 4.78 is 0. The number of rotatable bonds is 5. The molecule has 4 nitrogen and oxygen atoms in total. The van der Waals surface area contributed by atoms with E-state index in [4.69, 9.17) is 0 Å². The highest BCUT2D eigenvalue weighted by molar-refractivity contribution is 5.60. The predicted octanol–water partition coefficient (Wildman–Crippen LogP) is 2.55. The molecule has 0 saturated carbocycles. The molecule has 16 heavy (non-hydrogen) atoms. The highest BCUT2D eigenvalue weighted by Gasteiger charge is 2.09. The van der Waals surface area contributed by atoms with Crippen LogP contribution in [0.5, 0.6) is 0 Å². The van der Waals surface area contributed by atoms with E-state index in [2.05, 4.69) is 6.58 Å². The van der Waals surface area contributed by atoms with E-state index >= 15 is 0 Å². The fraction of sp³-hybridized carbons (Fsp3) is 0.167. The first kappa shape index (κ1) is 12.1. The summed E-state index contributed by atoms with van der Waals surface area (Å²) in [5, 5.41) is 20.1. The van der Waals surface area contributed by atoms with Crippen LogP contribution >= 0.6 is 0 Å². The van der Waals surface area contributed by atoms with Crippen molar-refractivity contribution in [1.82, 2.24) is 0 Å². The second-order valence-corrected chi connectivity index (χ2v) is 3.27. The number of aliphatic hydroxyl groups is 1. The summed E-state index contributed by atoms with van der Waals surface area (Å²) in [6.07, 6.45) is 4.43. The van der Waals surface area contributed by atoms with Crippen LogP contribution in [0.4, 0.5) is 5.69 Å². The highest BCUT2D eigenvalue weighted by Crippen LogP contribution is 2.19. The molecule has 0 aliphatic carbocycles. The predicted molar refractivity (Wildman–Crippen MR) is 63.0 cm³/mol. The average molecular weight is 219 g/mol. The Morgan fingerprint density at radius 1 is 1.50 bits per heavy atom. The molecule has 4 heteroatoms. The van der Waals surface area contributed by atoms with Gasteiger partial charge in [-0.05, 0) is 18.6 Å². The van der Waals surface area contributed by atoms with Crippen LogP contribution in [0.15, 0.2) is 43.0 Å². The summed E-state index contributed by atoms with van der Waals surface area (Å²) in [5.74, 6) is 0. The molecule has 0 amide bonds. The maximum absolute atomic E-state index is 10.7. The maximum atomic E-state index is 10.7. The average Bonchev–Trinajstić information content (AvgIpc) is 2.27. The van der Waals surface area contributed by atoms with Crippen LogP contribution in [0.1, 0.15) is 12.0 Å². The summed E-state index contributed by atoms with van der Waals surface area (Å²) >= 11 is 0. The Morgan fingerprint density at radius 2 is 2.19 bits per heavy atom. The largest absolute Gasteiger partial charge is 0.389 e. The Morgan fingerprint density at radius 3 is 2.81 bits per heavy atom. The van der Waals surface area contributed by atoms with Crippen LogP contribution in [-0.2, 0) is 0 Å². The van der Waals surface area contributed by atoms with Gasteiger partial charge in [0.25, 0.3) is 5.69 Å². The number of hydrogen-bond donors (Lipinski definition) is 1. The topological polar surface area (TPSA) is 63.4 Å². The zero-order valence-corrected chi connectivity index (χ0v) is 8.74. The number of nitro groups is 1. The van der Waals surface area contributed by atoms with E-state index in [-0.39, 0.29) is 5.69 Å². The van der Waals surface area contributed by atoms with Gasteiger partial charge in [-0.2, -0.15) is 0 Å². The van der Waals surface area contributed by atoms with Crippen molar-refractivity contribution in [2.24, 2.45) is 0 Å². The van der Waals surface area contributed by atoms with E-state index in [0.29, 0.717) is 12.0 Å². The molecular weight excluding hydrogens is 206 g/mol. The SMILES string of the molecule is C=CC[C@@H](O)/C=C/c1ccccc1[N+](=O)[O-]. The van der Waals surface area contributed by atoms with Gasteiger partial charge in [-0.1, -0.05) is 24.3 Å². The molecule has 0 aliphatic heterocycles. The van der Waals surface area contributed by atoms with E-state index in [9.17, 15) is 15.2 Å². The molecule has 0 unspecified atom stereocenters. The second kappa shape index (κ2) is 5.82. The second-order valence-electron chi connectivity index (χ2n) is 3.27. The van der Waals surface area contributed by atoms with Crippen molar-refractivity contribution in [3.8, 4) is 0 Å². The summed E-state index contributed by atoms with van der Waals surface area (Å²) in [5.41, 5.74) is 0.514. The van der Waals surface area contributed by atoms with Gasteiger partial charge in [-0.15, -0.1) is 6.58 Å². The maximum Gasteiger partial charge on any atom is 0.276 e. The number of nitro benzene ring substituents is 1. The summed E-state index contributed by atoms with van der Waals surface area (Å²) in [7, 11) is 0. The van der Waals surface area contributed by atoms with Crippen LogP contribution in [-0.4, -0.2) is 16.1 Å². The van der Waals surface area contributed by atoms with Crippen LogP contribution in [0.3, 0.4) is 0 Å². The van der Waals surface area contributed by atoms with Gasteiger partial charge in [0.15, 0.2) is 0 Å². The van der Waals surface area contributed by atoms with Crippen molar-refractivity contribution >= 4 is 11.8 Å². The van der Waals surface area contributed by atoms with Gasteiger partial charge in [0.05, 0.1) is 16.6 Å². The molecule has 1 N–H and O–H groups in total. The molecule has 84 valence electrons. The van der Waals surface area contributed by atoms with Crippen molar-refractivity contribution in [1.29, 1.82) is 0 Å². The lowest BCUT2D eigenvalue weighted by atomic mass is 10.1. The summed E-state index contributed by atoms with van der Waals surface area (Å²) in [6.45, 7) is 3.50. The Labute approximate surface area is 93.7 Å². The molecular formula is C12H13NO3. The van der Waals surface area contributed by atoms with Gasteiger partial charge in [-0.3, -0.25) is 10.1 Å². The third-order valence-electron chi connectivity index (χ3n) is 2.04. The molecule has 1 aromatic carbocycles. The third-order valence-corrected chi connectivity index (χ3v) is 2.04. The highest BCUT2D eigenvalue weighted by atomic mass is 16.6. The molecule has 1 aromatic rings. The van der Waals surface area contributed by atoms with E-state index < -0.39 is 11.0 Å². The molecule has 0 fully saturated rings. The van der Waals surface area contributed by atoms with E-state index in [1.54, 1.807) is 30.4 Å². The van der Waals surface area contributed by atoms with Crippen molar-refractivity contribution in [3.05, 3.63) is 58.7 Å². The fourth-order valence-corrected chi connectivity index (χ4v) is 1.26. The first-order valence-corrected chi connectivity index (χ1v) is 4.85. The minimum absolute atomic E-state index is 0.0320. The molecule has 0 radical (unpaired) electrons. The lowest BCUT2D eigenvalue weighted by Gasteiger charge is -2.00. The van der Waals surface area contributed by atoms with E-state index in [1.165, 1.54) is 12.1 Å². The number of benzene rings is 1. The smallest absolute Gasteiger partial charge is 0.276 e. The van der Waals surface area contributed by atoms with Crippen molar-refractivity contribution in [2.45, 2.75) is 12.5 Å². The van der Waals surface area contributed by atoms with Crippen molar-refractivity contribution < 1.29 is 10.0 Å². The normalized spacial score (nSPS) is 12.6. The monoisotopic (exact) mass is 219 g/mol.